The van der Waals surface area contributed by atoms with Gasteiger partial charge < -0.3 is 14.6 Å². The summed E-state index contributed by atoms with van der Waals surface area (Å²) in [7, 11) is 1.61. The molecular formula is C23H23N3O4. The van der Waals surface area contributed by atoms with Crippen LogP contribution in [-0.2, 0) is 16.9 Å². The molecule has 0 radical (unpaired) electrons. The third-order valence-corrected chi connectivity index (χ3v) is 5.33. The fourth-order valence-electron chi connectivity index (χ4n) is 3.82. The average molecular weight is 405 g/mol. The van der Waals surface area contributed by atoms with Crippen molar-refractivity contribution in [3.05, 3.63) is 72.0 Å². The maximum Gasteiger partial charge on any atom is 0.325 e. The molecule has 0 spiro atoms. The fraction of sp³-hybridized carbons (Fsp3) is 0.261. The zero-order chi connectivity index (χ0) is 21.1. The SMILES string of the molecule is CCC[C@@]1(c2ccccc2)NC(=O)N(Cc2cc(-c3ccc(OC)cc3)no2)C1=O. The number of ether oxygens (including phenoxy) is 1. The van der Waals surface area contributed by atoms with Crippen molar-refractivity contribution in [1.82, 2.24) is 15.4 Å². The quantitative estimate of drug-likeness (QED) is 0.598. The number of imide groups is 1. The van der Waals surface area contributed by atoms with E-state index in [1.165, 1.54) is 4.90 Å². The summed E-state index contributed by atoms with van der Waals surface area (Å²) in [5, 5.41) is 7.00. The number of amides is 3. The molecule has 154 valence electrons. The third-order valence-electron chi connectivity index (χ3n) is 5.33. The van der Waals surface area contributed by atoms with Crippen molar-refractivity contribution < 1.29 is 18.8 Å². The van der Waals surface area contributed by atoms with Gasteiger partial charge in [0.1, 0.15) is 17.0 Å². The van der Waals surface area contributed by atoms with E-state index in [1.54, 1.807) is 13.2 Å². The van der Waals surface area contributed by atoms with Gasteiger partial charge in [0.25, 0.3) is 5.91 Å². The maximum absolute atomic E-state index is 13.3. The molecule has 3 aromatic rings. The van der Waals surface area contributed by atoms with Crippen molar-refractivity contribution in [3.8, 4) is 17.0 Å². The molecule has 0 unspecified atom stereocenters. The molecule has 1 aliphatic heterocycles. The molecule has 2 heterocycles. The number of carbonyl (C=O) groups is 2. The van der Waals surface area contributed by atoms with E-state index in [4.69, 9.17) is 9.26 Å². The Morgan fingerprint density at radius 3 is 2.50 bits per heavy atom. The summed E-state index contributed by atoms with van der Waals surface area (Å²) < 4.78 is 10.6. The standard InChI is InChI=1S/C23H23N3O4/c1-3-13-23(17-7-5-4-6-8-17)21(27)26(22(28)24-23)15-19-14-20(25-30-19)16-9-11-18(29-2)12-10-16/h4-12,14H,3,13,15H2,1-2H3,(H,24,28)/t23-/m0/s1. The van der Waals surface area contributed by atoms with Crippen molar-refractivity contribution in [3.63, 3.8) is 0 Å². The number of rotatable bonds is 7. The third kappa shape index (κ3) is 3.43. The van der Waals surface area contributed by atoms with Gasteiger partial charge in [0.2, 0.25) is 0 Å². The number of hydrogen-bond donors (Lipinski definition) is 1. The Hall–Kier alpha value is -3.61. The molecule has 1 atom stereocenters. The van der Waals surface area contributed by atoms with Crippen LogP contribution in [0.3, 0.4) is 0 Å². The lowest BCUT2D eigenvalue weighted by molar-refractivity contribution is -0.132. The number of nitrogens with zero attached hydrogens (tertiary/aromatic N) is 2. The van der Waals surface area contributed by atoms with E-state index in [2.05, 4.69) is 10.5 Å². The topological polar surface area (TPSA) is 84.7 Å². The second-order valence-electron chi connectivity index (χ2n) is 7.25. The van der Waals surface area contributed by atoms with Crippen LogP contribution in [0.1, 0.15) is 31.1 Å². The van der Waals surface area contributed by atoms with Gasteiger partial charge in [-0.05, 0) is 36.2 Å². The van der Waals surface area contributed by atoms with Crippen LogP contribution in [0.4, 0.5) is 4.79 Å². The molecule has 7 heteroatoms. The van der Waals surface area contributed by atoms with Gasteiger partial charge in [-0.3, -0.25) is 9.69 Å². The minimum atomic E-state index is -1.05. The number of benzene rings is 2. The Bertz CT molecular complexity index is 1050. The zero-order valence-corrected chi connectivity index (χ0v) is 16.9. The Labute approximate surface area is 174 Å². The van der Waals surface area contributed by atoms with Crippen LogP contribution in [0.2, 0.25) is 0 Å². The summed E-state index contributed by atoms with van der Waals surface area (Å²) in [4.78, 5) is 27.3. The van der Waals surface area contributed by atoms with Crippen molar-refractivity contribution in [1.29, 1.82) is 0 Å². The number of aromatic nitrogens is 1. The molecule has 1 aromatic heterocycles. The van der Waals surface area contributed by atoms with Crippen LogP contribution in [0.25, 0.3) is 11.3 Å². The highest BCUT2D eigenvalue weighted by Crippen LogP contribution is 2.34. The number of carbonyl (C=O) groups excluding carboxylic acids is 2. The molecule has 0 bridgehead atoms. The minimum absolute atomic E-state index is 0.0200. The molecule has 1 saturated heterocycles. The lowest BCUT2D eigenvalue weighted by Gasteiger charge is -2.26. The summed E-state index contributed by atoms with van der Waals surface area (Å²) in [6.45, 7) is 2.01. The molecule has 7 nitrogen and oxygen atoms in total. The van der Waals surface area contributed by atoms with Crippen molar-refractivity contribution in [2.45, 2.75) is 31.8 Å². The van der Waals surface area contributed by atoms with Crippen LogP contribution in [0, 0.1) is 0 Å². The Balaban J connectivity index is 1.57. The van der Waals surface area contributed by atoms with E-state index in [0.717, 1.165) is 23.3 Å². The second kappa shape index (κ2) is 8.02. The van der Waals surface area contributed by atoms with Gasteiger partial charge in [-0.2, -0.15) is 0 Å². The Kier molecular flexibility index (Phi) is 5.27. The van der Waals surface area contributed by atoms with Crippen LogP contribution < -0.4 is 10.1 Å². The second-order valence-corrected chi connectivity index (χ2v) is 7.25. The molecule has 2 aromatic carbocycles. The van der Waals surface area contributed by atoms with Gasteiger partial charge in [0.05, 0.1) is 13.7 Å². The highest BCUT2D eigenvalue weighted by Gasteiger charge is 2.51. The monoisotopic (exact) mass is 405 g/mol. The first kappa shape index (κ1) is 19.7. The normalized spacial score (nSPS) is 18.5. The van der Waals surface area contributed by atoms with Gasteiger partial charge in [-0.15, -0.1) is 0 Å². The summed E-state index contributed by atoms with van der Waals surface area (Å²) in [6, 6.07) is 18.1. The first-order valence-corrected chi connectivity index (χ1v) is 9.87. The molecule has 0 aliphatic carbocycles. The number of nitrogens with one attached hydrogen (secondary N) is 1. The molecule has 0 saturated carbocycles. The molecule has 4 rings (SSSR count). The average Bonchev–Trinajstić information content (AvgIpc) is 3.34. The first-order chi connectivity index (χ1) is 14.6. The number of hydrogen-bond acceptors (Lipinski definition) is 5. The summed E-state index contributed by atoms with van der Waals surface area (Å²) in [5.41, 5.74) is 1.21. The van der Waals surface area contributed by atoms with Gasteiger partial charge in [-0.1, -0.05) is 48.8 Å². The maximum atomic E-state index is 13.3. The van der Waals surface area contributed by atoms with E-state index in [1.807, 2.05) is 61.5 Å². The number of methoxy groups -OCH3 is 1. The molecule has 1 fully saturated rings. The van der Waals surface area contributed by atoms with Crippen LogP contribution in [0.5, 0.6) is 5.75 Å². The lowest BCUT2D eigenvalue weighted by Crippen LogP contribution is -2.43. The van der Waals surface area contributed by atoms with Crippen molar-refractivity contribution in [2.75, 3.05) is 7.11 Å². The minimum Gasteiger partial charge on any atom is -0.497 e. The lowest BCUT2D eigenvalue weighted by atomic mass is 9.85. The van der Waals surface area contributed by atoms with E-state index in [-0.39, 0.29) is 12.5 Å². The highest BCUT2D eigenvalue weighted by molar-refractivity contribution is 6.07. The van der Waals surface area contributed by atoms with Crippen LogP contribution >= 0.6 is 0 Å². The molecule has 30 heavy (non-hydrogen) atoms. The van der Waals surface area contributed by atoms with Crippen LogP contribution in [0.15, 0.2) is 65.2 Å². The zero-order valence-electron chi connectivity index (χ0n) is 16.9. The molecule has 3 amide bonds. The first-order valence-electron chi connectivity index (χ1n) is 9.87. The largest absolute Gasteiger partial charge is 0.497 e. The van der Waals surface area contributed by atoms with Gasteiger partial charge >= 0.3 is 6.03 Å². The van der Waals surface area contributed by atoms with Crippen molar-refractivity contribution in [2.24, 2.45) is 0 Å². The Morgan fingerprint density at radius 1 is 1.10 bits per heavy atom. The van der Waals surface area contributed by atoms with E-state index in [9.17, 15) is 9.59 Å². The molecule has 1 aliphatic rings. The van der Waals surface area contributed by atoms with E-state index < -0.39 is 11.6 Å². The summed E-state index contributed by atoms with van der Waals surface area (Å²) >= 11 is 0. The predicted octanol–water partition coefficient (Wildman–Crippen LogP) is 4.10. The van der Waals surface area contributed by atoms with Crippen molar-refractivity contribution >= 4 is 11.9 Å². The number of urea groups is 1. The Morgan fingerprint density at radius 2 is 1.83 bits per heavy atom. The van der Waals surface area contributed by atoms with Gasteiger partial charge in [-0.25, -0.2) is 4.79 Å². The predicted molar refractivity (Wildman–Crippen MR) is 111 cm³/mol. The van der Waals surface area contributed by atoms with Crippen LogP contribution in [-0.4, -0.2) is 29.1 Å². The summed E-state index contributed by atoms with van der Waals surface area (Å²) in [6.07, 6.45) is 1.27. The van der Waals surface area contributed by atoms with E-state index in [0.29, 0.717) is 17.9 Å². The van der Waals surface area contributed by atoms with Gasteiger partial charge in [0, 0.05) is 11.6 Å². The van der Waals surface area contributed by atoms with E-state index >= 15 is 0 Å². The smallest absolute Gasteiger partial charge is 0.325 e. The molecule has 1 N–H and O–H groups in total. The molecular weight excluding hydrogens is 382 g/mol. The highest BCUT2D eigenvalue weighted by atomic mass is 16.5. The summed E-state index contributed by atoms with van der Waals surface area (Å²) in [5.74, 6) is 0.905. The van der Waals surface area contributed by atoms with Gasteiger partial charge in [0.15, 0.2) is 5.76 Å². The fourth-order valence-corrected chi connectivity index (χ4v) is 3.82.